The second-order valence-corrected chi connectivity index (χ2v) is 7.26. The van der Waals surface area contributed by atoms with Crippen molar-refractivity contribution in [2.45, 2.75) is 76.0 Å². The van der Waals surface area contributed by atoms with E-state index in [0.717, 1.165) is 17.7 Å². The molecule has 1 aromatic rings. The van der Waals surface area contributed by atoms with Crippen LogP contribution >= 0.6 is 11.9 Å². The highest BCUT2D eigenvalue weighted by Crippen LogP contribution is 2.24. The summed E-state index contributed by atoms with van der Waals surface area (Å²) in [6.07, 6.45) is 12.0. The molecule has 0 aliphatic carbocycles. The van der Waals surface area contributed by atoms with Crippen molar-refractivity contribution in [3.05, 3.63) is 24.3 Å². The first-order chi connectivity index (χ1) is 11.1. The van der Waals surface area contributed by atoms with Gasteiger partial charge in [0.15, 0.2) is 0 Å². The van der Waals surface area contributed by atoms with Crippen LogP contribution in [0, 0.1) is 0 Å². The van der Waals surface area contributed by atoms with Gasteiger partial charge in [-0.05, 0) is 42.6 Å². The van der Waals surface area contributed by atoms with Crippen LogP contribution in [-0.2, 0) is 4.79 Å². The van der Waals surface area contributed by atoms with Gasteiger partial charge in [0, 0.05) is 18.4 Å². The van der Waals surface area contributed by atoms with Gasteiger partial charge >= 0.3 is 0 Å². The lowest BCUT2D eigenvalue weighted by molar-refractivity contribution is -0.125. The van der Waals surface area contributed by atoms with Crippen molar-refractivity contribution < 1.29 is 9.90 Å². The number of phenols is 1. The minimum absolute atomic E-state index is 0.172. The number of amides is 1. The summed E-state index contributed by atoms with van der Waals surface area (Å²) in [7, 11) is 1.81. The molecule has 4 heteroatoms. The summed E-state index contributed by atoms with van der Waals surface area (Å²) in [4.78, 5) is 13.0. The highest BCUT2D eigenvalue weighted by molar-refractivity contribution is 7.97. The summed E-state index contributed by atoms with van der Waals surface area (Å²) in [5.74, 6) is 0.420. The van der Waals surface area contributed by atoms with Crippen molar-refractivity contribution in [1.29, 1.82) is 0 Å². The Hall–Kier alpha value is -1.16. The van der Waals surface area contributed by atoms with E-state index in [1.807, 2.05) is 19.2 Å². The van der Waals surface area contributed by atoms with Gasteiger partial charge in [-0.25, -0.2) is 0 Å². The summed E-state index contributed by atoms with van der Waals surface area (Å²) in [5.41, 5.74) is 0. The summed E-state index contributed by atoms with van der Waals surface area (Å²) < 4.78 is 1.69. The molecule has 0 spiro atoms. The molecule has 1 aromatic carbocycles. The predicted octanol–water partition coefficient (Wildman–Crippen LogP) is 5.78. The van der Waals surface area contributed by atoms with E-state index >= 15 is 0 Å². The molecule has 130 valence electrons. The number of aromatic hydroxyl groups is 1. The number of rotatable bonds is 12. The van der Waals surface area contributed by atoms with Crippen LogP contribution in [0.1, 0.15) is 71.1 Å². The van der Waals surface area contributed by atoms with E-state index in [9.17, 15) is 9.90 Å². The Kier molecular flexibility index (Phi) is 10.6. The van der Waals surface area contributed by atoms with E-state index < -0.39 is 0 Å². The summed E-state index contributed by atoms with van der Waals surface area (Å²) in [6.45, 7) is 2.24. The van der Waals surface area contributed by atoms with Crippen LogP contribution < -0.4 is 0 Å². The summed E-state index contributed by atoms with van der Waals surface area (Å²) in [5, 5.41) is 9.26. The average molecular weight is 338 g/mol. The molecule has 0 atom stereocenters. The van der Waals surface area contributed by atoms with E-state index in [4.69, 9.17) is 0 Å². The Bertz CT molecular complexity index is 434. The number of carbonyl (C=O) groups is 1. The highest BCUT2D eigenvalue weighted by atomic mass is 32.2. The second kappa shape index (κ2) is 12.3. The maximum Gasteiger partial charge on any atom is 0.232 e. The number of benzene rings is 1. The predicted molar refractivity (Wildman–Crippen MR) is 98.6 cm³/mol. The largest absolute Gasteiger partial charge is 0.508 e. The summed E-state index contributed by atoms with van der Waals surface area (Å²) in [6, 6.07) is 6.92. The molecule has 3 nitrogen and oxygen atoms in total. The Morgan fingerprint density at radius 3 is 2.04 bits per heavy atom. The van der Waals surface area contributed by atoms with E-state index in [1.165, 1.54) is 56.9 Å². The van der Waals surface area contributed by atoms with Crippen molar-refractivity contribution in [2.75, 3.05) is 7.05 Å². The number of hydrogen-bond donors (Lipinski definition) is 1. The van der Waals surface area contributed by atoms with Crippen molar-refractivity contribution >= 4 is 17.9 Å². The number of hydrogen-bond acceptors (Lipinski definition) is 3. The van der Waals surface area contributed by atoms with Crippen LogP contribution in [0.15, 0.2) is 29.2 Å². The van der Waals surface area contributed by atoms with Crippen LogP contribution in [0.3, 0.4) is 0 Å². The molecule has 0 radical (unpaired) electrons. The third-order valence-corrected chi connectivity index (χ3v) is 4.88. The zero-order chi connectivity index (χ0) is 16.9. The molecule has 23 heavy (non-hydrogen) atoms. The van der Waals surface area contributed by atoms with Gasteiger partial charge in [0.25, 0.3) is 0 Å². The topological polar surface area (TPSA) is 40.5 Å². The third kappa shape index (κ3) is 9.54. The highest BCUT2D eigenvalue weighted by Gasteiger charge is 2.10. The van der Waals surface area contributed by atoms with Gasteiger partial charge in [-0.1, -0.05) is 58.3 Å². The molecular weight excluding hydrogens is 306 g/mol. The maximum atomic E-state index is 12.1. The quantitative estimate of drug-likeness (QED) is 0.388. The van der Waals surface area contributed by atoms with Gasteiger partial charge in [-0.2, -0.15) is 0 Å². The minimum Gasteiger partial charge on any atom is -0.508 e. The molecular formula is C19H31NO2S. The second-order valence-electron chi connectivity index (χ2n) is 6.05. The Labute approximate surface area is 145 Å². The van der Waals surface area contributed by atoms with Crippen molar-refractivity contribution in [3.8, 4) is 5.75 Å². The van der Waals surface area contributed by atoms with Crippen molar-refractivity contribution in [2.24, 2.45) is 0 Å². The van der Waals surface area contributed by atoms with E-state index in [-0.39, 0.29) is 11.7 Å². The molecule has 1 N–H and O–H groups in total. The van der Waals surface area contributed by atoms with Gasteiger partial charge < -0.3 is 5.11 Å². The third-order valence-electron chi connectivity index (χ3n) is 3.92. The number of phenolic OH excluding ortho intramolecular Hbond substituents is 1. The zero-order valence-corrected chi connectivity index (χ0v) is 15.4. The standard InChI is InChI=1S/C19H31NO2S/c1-3-4-5-6-7-8-9-10-11-12-19(22)20(2)23-18-15-13-17(21)14-16-18/h13-16,21H,3-12H2,1-2H3. The molecule has 0 heterocycles. The molecule has 1 amide bonds. The SMILES string of the molecule is CCCCCCCCCCCC(=O)N(C)Sc1ccc(O)cc1. The average Bonchev–Trinajstić information content (AvgIpc) is 2.55. The Balaban J connectivity index is 2.05. The van der Waals surface area contributed by atoms with E-state index in [1.54, 1.807) is 16.4 Å². The fourth-order valence-electron chi connectivity index (χ4n) is 2.46. The molecule has 0 unspecified atom stereocenters. The monoisotopic (exact) mass is 337 g/mol. The molecule has 0 aromatic heterocycles. The fourth-order valence-corrected chi connectivity index (χ4v) is 3.23. The van der Waals surface area contributed by atoms with Crippen LogP contribution in [0.5, 0.6) is 5.75 Å². The molecule has 0 aliphatic heterocycles. The zero-order valence-electron chi connectivity index (χ0n) is 14.6. The first kappa shape index (κ1) is 19.9. The minimum atomic E-state index is 0.172. The first-order valence-corrected chi connectivity index (χ1v) is 9.64. The molecule has 0 saturated heterocycles. The lowest BCUT2D eigenvalue weighted by Gasteiger charge is -2.15. The van der Waals surface area contributed by atoms with Crippen molar-refractivity contribution in [1.82, 2.24) is 4.31 Å². The Morgan fingerprint density at radius 2 is 1.48 bits per heavy atom. The van der Waals surface area contributed by atoms with Crippen LogP contribution in [0.25, 0.3) is 0 Å². The lowest BCUT2D eigenvalue weighted by atomic mass is 10.1. The normalized spacial score (nSPS) is 10.7. The number of unbranched alkanes of at least 4 members (excludes halogenated alkanes) is 8. The first-order valence-electron chi connectivity index (χ1n) is 8.87. The molecule has 0 bridgehead atoms. The van der Waals surface area contributed by atoms with Gasteiger partial charge in [-0.3, -0.25) is 9.10 Å². The van der Waals surface area contributed by atoms with Gasteiger partial charge in [-0.15, -0.1) is 0 Å². The maximum absolute atomic E-state index is 12.1. The van der Waals surface area contributed by atoms with Gasteiger partial charge in [0.1, 0.15) is 5.75 Å². The van der Waals surface area contributed by atoms with Crippen LogP contribution in [0.2, 0.25) is 0 Å². The van der Waals surface area contributed by atoms with Crippen LogP contribution in [0.4, 0.5) is 0 Å². The molecule has 0 saturated carbocycles. The number of nitrogens with zero attached hydrogens (tertiary/aromatic N) is 1. The molecule has 1 rings (SSSR count). The fraction of sp³-hybridized carbons (Fsp3) is 0.632. The molecule has 0 aliphatic rings. The van der Waals surface area contributed by atoms with Crippen molar-refractivity contribution in [3.63, 3.8) is 0 Å². The van der Waals surface area contributed by atoms with Gasteiger partial charge in [0.2, 0.25) is 5.91 Å². The Morgan fingerprint density at radius 1 is 0.957 bits per heavy atom. The summed E-state index contributed by atoms with van der Waals surface area (Å²) >= 11 is 1.41. The molecule has 0 fully saturated rings. The van der Waals surface area contributed by atoms with Crippen LogP contribution in [-0.4, -0.2) is 22.4 Å². The van der Waals surface area contributed by atoms with E-state index in [0.29, 0.717) is 6.42 Å². The van der Waals surface area contributed by atoms with E-state index in [2.05, 4.69) is 6.92 Å². The number of carbonyl (C=O) groups excluding carboxylic acids is 1. The smallest absolute Gasteiger partial charge is 0.232 e. The lowest BCUT2D eigenvalue weighted by Crippen LogP contribution is -2.18. The van der Waals surface area contributed by atoms with Gasteiger partial charge in [0.05, 0.1) is 0 Å².